The van der Waals surface area contributed by atoms with Crippen molar-refractivity contribution in [3.63, 3.8) is 0 Å². The highest BCUT2D eigenvalue weighted by Gasteiger charge is 2.27. The Hall–Kier alpha value is -1.85. The lowest BCUT2D eigenvalue weighted by atomic mass is 10.1. The third-order valence-electron chi connectivity index (χ3n) is 3.22. The van der Waals surface area contributed by atoms with Gasteiger partial charge in [0.25, 0.3) is 0 Å². The first-order valence-electron chi connectivity index (χ1n) is 7.38. The number of nitrogens with one attached hydrogen (secondary N) is 1. The van der Waals surface area contributed by atoms with Crippen molar-refractivity contribution in [1.29, 1.82) is 0 Å². The van der Waals surface area contributed by atoms with Gasteiger partial charge in [-0.15, -0.1) is 5.10 Å². The molecule has 21 heavy (non-hydrogen) atoms. The van der Waals surface area contributed by atoms with Crippen molar-refractivity contribution in [3.8, 4) is 0 Å². The average molecular weight is 292 g/mol. The maximum Gasteiger partial charge on any atom is 0.410 e. The minimum absolute atomic E-state index is 0.184. The van der Waals surface area contributed by atoms with Gasteiger partial charge in [-0.05, 0) is 52.7 Å². The fourth-order valence-corrected chi connectivity index (χ4v) is 2.27. The lowest BCUT2D eigenvalue weighted by Crippen LogP contribution is -2.47. The van der Waals surface area contributed by atoms with E-state index < -0.39 is 5.60 Å². The van der Waals surface area contributed by atoms with Crippen LogP contribution in [0.1, 0.15) is 39.3 Å². The summed E-state index contributed by atoms with van der Waals surface area (Å²) in [4.78, 5) is 13.9. The first-order valence-corrected chi connectivity index (χ1v) is 7.38. The number of nitrogens with zero attached hydrogens (tertiary/aromatic N) is 3. The molecular weight excluding hydrogens is 268 g/mol. The maximum absolute atomic E-state index is 12.1. The van der Waals surface area contributed by atoms with Gasteiger partial charge in [0.2, 0.25) is 0 Å². The molecule has 1 saturated heterocycles. The molecule has 0 radical (unpaired) electrons. The van der Waals surface area contributed by atoms with Crippen molar-refractivity contribution >= 4 is 11.9 Å². The second kappa shape index (κ2) is 6.28. The normalized spacial score (nSPS) is 19.2. The van der Waals surface area contributed by atoms with Crippen LogP contribution in [0.3, 0.4) is 0 Å². The van der Waals surface area contributed by atoms with Gasteiger partial charge in [0.1, 0.15) is 11.4 Å². The molecule has 1 aliphatic heterocycles. The van der Waals surface area contributed by atoms with Gasteiger partial charge in [-0.1, -0.05) is 0 Å². The topological polar surface area (TPSA) is 67.4 Å². The molecule has 1 amide bonds. The van der Waals surface area contributed by atoms with Crippen LogP contribution in [0.25, 0.3) is 0 Å². The number of aromatic nitrogens is 2. The van der Waals surface area contributed by atoms with Crippen LogP contribution in [0.4, 0.5) is 10.6 Å². The van der Waals surface area contributed by atoms with Crippen LogP contribution in [0, 0.1) is 6.92 Å². The largest absolute Gasteiger partial charge is 0.444 e. The number of hydrogen-bond donors (Lipinski definition) is 1. The zero-order valence-corrected chi connectivity index (χ0v) is 13.2. The molecule has 1 aromatic rings. The Morgan fingerprint density at radius 2 is 2.14 bits per heavy atom. The van der Waals surface area contributed by atoms with Crippen LogP contribution in [-0.4, -0.2) is 45.9 Å². The Morgan fingerprint density at radius 3 is 2.76 bits per heavy atom. The maximum atomic E-state index is 12.1. The highest BCUT2D eigenvalue weighted by atomic mass is 16.6. The molecule has 6 heteroatoms. The summed E-state index contributed by atoms with van der Waals surface area (Å²) >= 11 is 0. The monoisotopic (exact) mass is 292 g/mol. The molecule has 0 bridgehead atoms. The molecule has 0 unspecified atom stereocenters. The van der Waals surface area contributed by atoms with E-state index in [4.69, 9.17) is 4.74 Å². The summed E-state index contributed by atoms with van der Waals surface area (Å²) in [5, 5.41) is 11.5. The van der Waals surface area contributed by atoms with Gasteiger partial charge < -0.3 is 15.0 Å². The number of ether oxygens (including phenoxy) is 1. The highest BCUT2D eigenvalue weighted by Crippen LogP contribution is 2.17. The molecule has 116 valence electrons. The van der Waals surface area contributed by atoms with E-state index >= 15 is 0 Å². The summed E-state index contributed by atoms with van der Waals surface area (Å²) in [5.41, 5.74) is 0.430. The van der Waals surface area contributed by atoms with Gasteiger partial charge in [-0.3, -0.25) is 0 Å². The van der Waals surface area contributed by atoms with Gasteiger partial charge in [-0.25, -0.2) is 4.79 Å². The smallest absolute Gasteiger partial charge is 0.410 e. The van der Waals surface area contributed by atoms with Crippen LogP contribution >= 0.6 is 0 Å². The van der Waals surface area contributed by atoms with E-state index in [2.05, 4.69) is 15.5 Å². The van der Waals surface area contributed by atoms with E-state index in [-0.39, 0.29) is 12.1 Å². The number of likely N-dealkylation sites (tertiary alicyclic amines) is 1. The molecule has 0 aromatic carbocycles. The first kappa shape index (κ1) is 15.5. The van der Waals surface area contributed by atoms with E-state index in [0.29, 0.717) is 6.54 Å². The van der Waals surface area contributed by atoms with Gasteiger partial charge >= 0.3 is 6.09 Å². The third kappa shape index (κ3) is 4.88. The van der Waals surface area contributed by atoms with Gasteiger partial charge in [-0.2, -0.15) is 5.10 Å². The number of hydrogen-bond acceptors (Lipinski definition) is 5. The van der Waals surface area contributed by atoms with Crippen molar-refractivity contribution in [3.05, 3.63) is 17.8 Å². The average Bonchev–Trinajstić information content (AvgIpc) is 2.40. The molecule has 6 nitrogen and oxygen atoms in total. The fourth-order valence-electron chi connectivity index (χ4n) is 2.27. The second-order valence-corrected chi connectivity index (χ2v) is 6.47. The quantitative estimate of drug-likeness (QED) is 0.907. The molecule has 1 atom stereocenters. The number of carbonyl (C=O) groups is 1. The zero-order valence-electron chi connectivity index (χ0n) is 13.2. The SMILES string of the molecule is Cc1ccc(N[C@@H]2CCCN(C(=O)OC(C)(C)C)C2)nn1. The number of anilines is 1. The Labute approximate surface area is 125 Å². The lowest BCUT2D eigenvalue weighted by molar-refractivity contribution is 0.0206. The third-order valence-corrected chi connectivity index (χ3v) is 3.22. The van der Waals surface area contributed by atoms with Crippen LogP contribution < -0.4 is 5.32 Å². The summed E-state index contributed by atoms with van der Waals surface area (Å²) in [6, 6.07) is 4.02. The summed E-state index contributed by atoms with van der Waals surface area (Å²) in [5.74, 6) is 0.747. The molecule has 0 saturated carbocycles. The predicted octanol–water partition coefficient (Wildman–Crippen LogP) is 2.60. The molecule has 0 aliphatic carbocycles. The van der Waals surface area contributed by atoms with Crippen LogP contribution in [0.2, 0.25) is 0 Å². The Bertz CT molecular complexity index is 481. The number of rotatable bonds is 2. The molecule has 2 rings (SSSR count). The van der Waals surface area contributed by atoms with Gasteiger partial charge in [0.05, 0.1) is 5.69 Å². The van der Waals surface area contributed by atoms with Crippen molar-refractivity contribution in [2.75, 3.05) is 18.4 Å². The zero-order chi connectivity index (χ0) is 15.5. The second-order valence-electron chi connectivity index (χ2n) is 6.47. The summed E-state index contributed by atoms with van der Waals surface area (Å²) in [7, 11) is 0. The van der Waals surface area contributed by atoms with E-state index in [9.17, 15) is 4.79 Å². The number of carbonyl (C=O) groups excluding carboxylic acids is 1. The number of piperidine rings is 1. The molecule has 1 N–H and O–H groups in total. The molecule has 1 aromatic heterocycles. The molecule has 1 fully saturated rings. The molecule has 2 heterocycles. The van der Waals surface area contributed by atoms with Crippen molar-refractivity contribution in [1.82, 2.24) is 15.1 Å². The van der Waals surface area contributed by atoms with E-state index in [1.165, 1.54) is 0 Å². The Kier molecular flexibility index (Phi) is 4.65. The van der Waals surface area contributed by atoms with E-state index in [0.717, 1.165) is 30.9 Å². The Balaban J connectivity index is 1.91. The molecule has 0 spiro atoms. The standard InChI is InChI=1S/C15H24N4O2/c1-11-7-8-13(18-17-11)16-12-6-5-9-19(10-12)14(20)21-15(2,3)4/h7-8,12H,5-6,9-10H2,1-4H3,(H,16,18)/t12-/m1/s1. The van der Waals surface area contributed by atoms with Crippen LogP contribution in [-0.2, 0) is 4.74 Å². The van der Waals surface area contributed by atoms with Gasteiger partial charge in [0.15, 0.2) is 0 Å². The van der Waals surface area contributed by atoms with Crippen LogP contribution in [0.5, 0.6) is 0 Å². The minimum atomic E-state index is -0.458. The predicted molar refractivity (Wildman–Crippen MR) is 81.2 cm³/mol. The van der Waals surface area contributed by atoms with E-state index in [1.807, 2.05) is 39.8 Å². The van der Waals surface area contributed by atoms with E-state index in [1.54, 1.807) is 4.90 Å². The number of aryl methyl sites for hydroxylation is 1. The summed E-state index contributed by atoms with van der Waals surface area (Å²) in [6.07, 6.45) is 1.72. The lowest BCUT2D eigenvalue weighted by Gasteiger charge is -2.34. The first-order chi connectivity index (χ1) is 9.83. The van der Waals surface area contributed by atoms with Crippen molar-refractivity contribution in [2.45, 2.75) is 52.2 Å². The molecular formula is C15H24N4O2. The summed E-state index contributed by atoms with van der Waals surface area (Å²) in [6.45, 7) is 8.92. The summed E-state index contributed by atoms with van der Waals surface area (Å²) < 4.78 is 5.42. The Morgan fingerprint density at radius 1 is 1.38 bits per heavy atom. The van der Waals surface area contributed by atoms with Gasteiger partial charge in [0, 0.05) is 19.1 Å². The fraction of sp³-hybridized carbons (Fsp3) is 0.667. The van der Waals surface area contributed by atoms with Crippen molar-refractivity contribution < 1.29 is 9.53 Å². The number of amides is 1. The van der Waals surface area contributed by atoms with Crippen LogP contribution in [0.15, 0.2) is 12.1 Å². The highest BCUT2D eigenvalue weighted by molar-refractivity contribution is 5.68. The van der Waals surface area contributed by atoms with Crippen molar-refractivity contribution in [2.24, 2.45) is 0 Å². The minimum Gasteiger partial charge on any atom is -0.444 e. The molecule has 1 aliphatic rings.